The first-order valence-electron chi connectivity index (χ1n) is 8.41. The summed E-state index contributed by atoms with van der Waals surface area (Å²) in [7, 11) is 0. The quantitative estimate of drug-likeness (QED) is 0.598. The molecule has 2 N–H and O–H groups in total. The van der Waals surface area contributed by atoms with Gasteiger partial charge >= 0.3 is 5.57 Å². The van der Waals surface area contributed by atoms with Crippen LogP contribution in [0.3, 0.4) is 0 Å². The number of hydrogen-bond acceptors (Lipinski definition) is 5. The van der Waals surface area contributed by atoms with Crippen LogP contribution in [-0.2, 0) is 14.4 Å². The van der Waals surface area contributed by atoms with Gasteiger partial charge in [-0.1, -0.05) is 0 Å². The van der Waals surface area contributed by atoms with Crippen LogP contribution in [-0.4, -0.2) is 47.3 Å². The van der Waals surface area contributed by atoms with Crippen LogP contribution in [0.2, 0.25) is 0 Å². The third-order valence-electron chi connectivity index (χ3n) is 4.82. The minimum absolute atomic E-state index is 0.0259. The summed E-state index contributed by atoms with van der Waals surface area (Å²) in [5.41, 5.74) is 1.74. The van der Waals surface area contributed by atoms with Gasteiger partial charge in [0.1, 0.15) is 5.75 Å². The van der Waals surface area contributed by atoms with Crippen molar-refractivity contribution in [3.8, 4) is 5.75 Å². The number of primary amides is 1. The van der Waals surface area contributed by atoms with Gasteiger partial charge in [-0.15, -0.1) is 8.78 Å². The van der Waals surface area contributed by atoms with Gasteiger partial charge in [0.2, 0.25) is 11.8 Å². The predicted octanol–water partition coefficient (Wildman–Crippen LogP) is 1.68. The lowest BCUT2D eigenvalue weighted by Gasteiger charge is -2.33. The zero-order valence-corrected chi connectivity index (χ0v) is 15.0. The van der Waals surface area contributed by atoms with Crippen molar-refractivity contribution in [3.05, 3.63) is 24.3 Å². The molecule has 27 heavy (non-hydrogen) atoms. The van der Waals surface area contributed by atoms with E-state index in [1.807, 2.05) is 4.90 Å². The first kappa shape index (κ1) is 19.5. The molecule has 2 fully saturated rings. The average molecular weight is 402 g/mol. The number of anilines is 1. The Labute approximate surface area is 159 Å². The Hall–Kier alpha value is -2.26. The van der Waals surface area contributed by atoms with Gasteiger partial charge in [-0.05, 0) is 50.2 Å². The second kappa shape index (κ2) is 7.40. The molecular weight excluding hydrogens is 384 g/mol. The number of halogens is 3. The van der Waals surface area contributed by atoms with E-state index in [9.17, 15) is 23.2 Å². The maximum absolute atomic E-state index is 12.7. The molecule has 0 aromatic heterocycles. The highest BCUT2D eigenvalue weighted by Gasteiger charge is 2.43. The molecule has 1 aromatic rings. The number of rotatable bonds is 5. The van der Waals surface area contributed by atoms with E-state index in [0.29, 0.717) is 25.9 Å². The predicted molar refractivity (Wildman–Crippen MR) is 92.3 cm³/mol. The molecule has 0 saturated carbocycles. The van der Waals surface area contributed by atoms with Crippen LogP contribution in [0, 0.1) is 5.92 Å². The number of alkyl halides is 3. The van der Waals surface area contributed by atoms with Crippen molar-refractivity contribution in [1.82, 2.24) is 4.90 Å². The standard InChI is InChI=1S/C17H18ClF2N3O4/c18-17(19,20)27-12-3-1-11(2-4-12)23-14(24)9-13(16(23)26)22-7-5-10(6-8-22)15(21)25/h1-4,10,13H,5-9H2,(H2,21,25)/t13-/m1/s1. The molecule has 0 aliphatic carbocycles. The number of piperidine rings is 1. The van der Waals surface area contributed by atoms with Gasteiger partial charge in [0, 0.05) is 17.5 Å². The van der Waals surface area contributed by atoms with Crippen LogP contribution in [0.25, 0.3) is 0 Å². The van der Waals surface area contributed by atoms with Gasteiger partial charge in [0.25, 0.3) is 5.91 Å². The number of nitrogens with two attached hydrogens (primary N) is 1. The van der Waals surface area contributed by atoms with Crippen molar-refractivity contribution in [3.63, 3.8) is 0 Å². The fourth-order valence-corrected chi connectivity index (χ4v) is 3.55. The molecule has 10 heteroatoms. The van der Waals surface area contributed by atoms with Crippen molar-refractivity contribution in [2.45, 2.75) is 30.9 Å². The number of benzene rings is 1. The third-order valence-corrected chi connectivity index (χ3v) is 4.90. The highest BCUT2D eigenvalue weighted by molar-refractivity contribution is 6.22. The monoisotopic (exact) mass is 401 g/mol. The van der Waals surface area contributed by atoms with Crippen LogP contribution in [0.5, 0.6) is 5.75 Å². The fourth-order valence-electron chi connectivity index (χ4n) is 3.46. The summed E-state index contributed by atoms with van der Waals surface area (Å²) >= 11 is 4.71. The molecule has 1 atom stereocenters. The molecule has 0 unspecified atom stereocenters. The van der Waals surface area contributed by atoms with E-state index in [4.69, 9.17) is 17.3 Å². The lowest BCUT2D eigenvalue weighted by Crippen LogP contribution is -2.47. The number of nitrogens with zero attached hydrogens (tertiary/aromatic N) is 2. The second-order valence-electron chi connectivity index (χ2n) is 6.54. The minimum Gasteiger partial charge on any atom is -0.420 e. The summed E-state index contributed by atoms with van der Waals surface area (Å²) in [5, 5.41) is 0. The summed E-state index contributed by atoms with van der Waals surface area (Å²) in [4.78, 5) is 39.3. The molecule has 3 rings (SSSR count). The summed E-state index contributed by atoms with van der Waals surface area (Å²) in [6.45, 7) is 1.01. The summed E-state index contributed by atoms with van der Waals surface area (Å²) in [5.74, 6) is -1.51. The fraction of sp³-hybridized carbons (Fsp3) is 0.471. The first-order valence-corrected chi connectivity index (χ1v) is 8.79. The highest BCUT2D eigenvalue weighted by atomic mass is 35.5. The molecule has 0 bridgehead atoms. The smallest absolute Gasteiger partial charge is 0.420 e. The molecule has 2 heterocycles. The normalized spacial score (nSPS) is 22.3. The average Bonchev–Trinajstić information content (AvgIpc) is 2.89. The van der Waals surface area contributed by atoms with Gasteiger partial charge in [0.05, 0.1) is 18.2 Å². The van der Waals surface area contributed by atoms with E-state index in [1.54, 1.807) is 0 Å². The highest BCUT2D eigenvalue weighted by Crippen LogP contribution is 2.31. The molecule has 146 valence electrons. The maximum atomic E-state index is 12.7. The topological polar surface area (TPSA) is 92.9 Å². The van der Waals surface area contributed by atoms with E-state index in [2.05, 4.69) is 4.74 Å². The number of hydrogen-bond donors (Lipinski definition) is 1. The van der Waals surface area contributed by atoms with Crippen molar-refractivity contribution in [2.75, 3.05) is 18.0 Å². The molecular formula is C17H18ClF2N3O4. The summed E-state index contributed by atoms with van der Waals surface area (Å²) in [6.07, 6.45) is 1.12. The number of amides is 3. The molecule has 7 nitrogen and oxygen atoms in total. The zero-order chi connectivity index (χ0) is 19.8. The van der Waals surface area contributed by atoms with Crippen LogP contribution in [0.4, 0.5) is 14.5 Å². The number of carbonyl (C=O) groups is 3. The number of likely N-dealkylation sites (tertiary alicyclic amines) is 1. The Kier molecular flexibility index (Phi) is 5.34. The Morgan fingerprint density at radius 1 is 1.19 bits per heavy atom. The van der Waals surface area contributed by atoms with Crippen LogP contribution in [0.1, 0.15) is 19.3 Å². The Balaban J connectivity index is 1.68. The second-order valence-corrected chi connectivity index (χ2v) is 6.98. The Morgan fingerprint density at radius 3 is 2.30 bits per heavy atom. The van der Waals surface area contributed by atoms with Crippen LogP contribution < -0.4 is 15.4 Å². The van der Waals surface area contributed by atoms with Crippen LogP contribution >= 0.6 is 11.6 Å². The van der Waals surface area contributed by atoms with Gasteiger partial charge in [-0.3, -0.25) is 19.3 Å². The largest absolute Gasteiger partial charge is 0.487 e. The van der Waals surface area contributed by atoms with E-state index in [-0.39, 0.29) is 41.5 Å². The van der Waals surface area contributed by atoms with E-state index in [0.717, 1.165) is 4.90 Å². The Morgan fingerprint density at radius 2 is 1.78 bits per heavy atom. The van der Waals surface area contributed by atoms with Gasteiger partial charge < -0.3 is 10.5 Å². The third kappa shape index (κ3) is 4.36. The van der Waals surface area contributed by atoms with Gasteiger partial charge in [-0.25, -0.2) is 4.90 Å². The molecule has 3 amide bonds. The lowest BCUT2D eigenvalue weighted by molar-refractivity contribution is -0.124. The van der Waals surface area contributed by atoms with Crippen LogP contribution in [0.15, 0.2) is 24.3 Å². The molecule has 2 aliphatic heterocycles. The number of carbonyl (C=O) groups excluding carboxylic acids is 3. The lowest BCUT2D eigenvalue weighted by atomic mass is 9.95. The minimum atomic E-state index is -3.84. The molecule has 1 aromatic carbocycles. The summed E-state index contributed by atoms with van der Waals surface area (Å²) in [6, 6.07) is 4.50. The van der Waals surface area contributed by atoms with Crippen molar-refractivity contribution >= 4 is 35.0 Å². The van der Waals surface area contributed by atoms with Crippen molar-refractivity contribution in [2.24, 2.45) is 11.7 Å². The Bertz CT molecular complexity index is 746. The van der Waals surface area contributed by atoms with Gasteiger partial charge in [-0.2, -0.15) is 0 Å². The maximum Gasteiger partial charge on any atom is 0.487 e. The zero-order valence-electron chi connectivity index (χ0n) is 14.2. The van der Waals surface area contributed by atoms with Crippen molar-refractivity contribution in [1.29, 1.82) is 0 Å². The number of imide groups is 1. The van der Waals surface area contributed by atoms with Gasteiger partial charge in [0.15, 0.2) is 0 Å². The van der Waals surface area contributed by atoms with E-state index in [1.165, 1.54) is 24.3 Å². The molecule has 2 aliphatic rings. The van der Waals surface area contributed by atoms with Crippen molar-refractivity contribution < 1.29 is 27.9 Å². The molecule has 2 saturated heterocycles. The molecule has 0 radical (unpaired) electrons. The van der Waals surface area contributed by atoms with E-state index >= 15 is 0 Å². The SMILES string of the molecule is NC(=O)C1CCN([C@@H]2CC(=O)N(c3ccc(OC(F)(F)Cl)cc3)C2=O)CC1. The summed E-state index contributed by atoms with van der Waals surface area (Å²) < 4.78 is 29.5. The van der Waals surface area contributed by atoms with E-state index < -0.39 is 11.6 Å². The molecule has 0 spiro atoms. The number of ether oxygens (including phenoxy) is 1. The first-order chi connectivity index (χ1) is 12.7.